The van der Waals surface area contributed by atoms with Crippen molar-refractivity contribution in [1.82, 2.24) is 4.98 Å². The zero-order chi connectivity index (χ0) is 11.6. The lowest BCUT2D eigenvalue weighted by Crippen LogP contribution is -2.03. The highest BCUT2D eigenvalue weighted by molar-refractivity contribution is 5.43. The molecule has 0 aromatic carbocycles. The molecule has 0 aliphatic heterocycles. The smallest absolute Gasteiger partial charge is 0.258 e. The summed E-state index contributed by atoms with van der Waals surface area (Å²) in [6.45, 7) is 0. The van der Waals surface area contributed by atoms with E-state index in [1.165, 1.54) is 6.07 Å². The molecule has 0 amide bonds. The zero-order valence-electron chi connectivity index (χ0n) is 6.95. The molecule has 0 atom stereocenters. The van der Waals surface area contributed by atoms with Crippen molar-refractivity contribution in [3.63, 3.8) is 0 Å². The average molecular weight is 217 g/mol. The standard InChI is InChI=1S/C7H2F3N3O2/c8-6-3(1-11)12-2-4(13(14)15)5(6)7(9)10/h2,7H. The summed E-state index contributed by atoms with van der Waals surface area (Å²) in [6.07, 6.45) is -2.94. The summed E-state index contributed by atoms with van der Waals surface area (Å²) in [5.74, 6) is -1.65. The largest absolute Gasteiger partial charge is 0.299 e. The number of hydrogen-bond donors (Lipinski definition) is 0. The highest BCUT2D eigenvalue weighted by Crippen LogP contribution is 2.31. The van der Waals surface area contributed by atoms with Crippen LogP contribution in [0.2, 0.25) is 0 Å². The van der Waals surface area contributed by atoms with Gasteiger partial charge in [0.25, 0.3) is 12.1 Å². The van der Waals surface area contributed by atoms with Crippen LogP contribution in [0.3, 0.4) is 0 Å². The normalized spacial score (nSPS) is 10.1. The maximum absolute atomic E-state index is 13.1. The summed E-state index contributed by atoms with van der Waals surface area (Å²) in [6, 6.07) is 1.21. The molecule has 0 unspecified atom stereocenters. The number of aromatic nitrogens is 1. The molecule has 0 saturated carbocycles. The van der Waals surface area contributed by atoms with Crippen LogP contribution < -0.4 is 0 Å². The Morgan fingerprint density at radius 3 is 2.60 bits per heavy atom. The minimum absolute atomic E-state index is 0.434. The Balaban J connectivity index is 3.53. The van der Waals surface area contributed by atoms with Gasteiger partial charge in [-0.15, -0.1) is 0 Å². The van der Waals surface area contributed by atoms with Gasteiger partial charge in [-0.2, -0.15) is 5.26 Å². The summed E-state index contributed by atoms with van der Waals surface area (Å²) in [7, 11) is 0. The third-order valence-electron chi connectivity index (χ3n) is 1.56. The fourth-order valence-corrected chi connectivity index (χ4v) is 0.923. The van der Waals surface area contributed by atoms with Crippen molar-refractivity contribution >= 4 is 5.69 Å². The van der Waals surface area contributed by atoms with Crippen LogP contribution in [-0.4, -0.2) is 9.91 Å². The Bertz CT molecular complexity index is 456. The number of rotatable bonds is 2. The van der Waals surface area contributed by atoms with Crippen molar-refractivity contribution in [2.75, 3.05) is 0 Å². The van der Waals surface area contributed by atoms with Crippen molar-refractivity contribution < 1.29 is 18.1 Å². The third kappa shape index (κ3) is 1.85. The van der Waals surface area contributed by atoms with Gasteiger partial charge in [0, 0.05) is 0 Å². The number of halogens is 3. The minimum atomic E-state index is -3.37. The van der Waals surface area contributed by atoms with E-state index in [1.54, 1.807) is 0 Å². The maximum atomic E-state index is 13.1. The van der Waals surface area contributed by atoms with Gasteiger partial charge in [0.2, 0.25) is 0 Å². The number of nitriles is 1. The predicted molar refractivity (Wildman–Crippen MR) is 40.5 cm³/mol. The van der Waals surface area contributed by atoms with Crippen molar-refractivity contribution in [1.29, 1.82) is 5.26 Å². The van der Waals surface area contributed by atoms with Gasteiger partial charge in [-0.3, -0.25) is 10.1 Å². The van der Waals surface area contributed by atoms with Crippen LogP contribution in [0.5, 0.6) is 0 Å². The van der Waals surface area contributed by atoms with Crippen LogP contribution in [0.25, 0.3) is 0 Å². The molecule has 8 heteroatoms. The lowest BCUT2D eigenvalue weighted by molar-refractivity contribution is -0.386. The number of pyridine rings is 1. The van der Waals surface area contributed by atoms with Crippen molar-refractivity contribution in [2.45, 2.75) is 6.43 Å². The summed E-state index contributed by atoms with van der Waals surface area (Å²) >= 11 is 0. The highest BCUT2D eigenvalue weighted by Gasteiger charge is 2.29. The van der Waals surface area contributed by atoms with Crippen LogP contribution in [0.4, 0.5) is 18.9 Å². The van der Waals surface area contributed by atoms with Crippen LogP contribution >= 0.6 is 0 Å². The molecular weight excluding hydrogens is 215 g/mol. The van der Waals surface area contributed by atoms with Crippen molar-refractivity contribution in [3.8, 4) is 6.07 Å². The van der Waals surface area contributed by atoms with Gasteiger partial charge in [0.1, 0.15) is 17.8 Å². The quantitative estimate of drug-likeness (QED) is 0.560. The van der Waals surface area contributed by atoms with E-state index in [4.69, 9.17) is 5.26 Å². The molecule has 1 heterocycles. The summed E-state index contributed by atoms with van der Waals surface area (Å²) in [5, 5.41) is 18.5. The molecule has 15 heavy (non-hydrogen) atoms. The lowest BCUT2D eigenvalue weighted by Gasteiger charge is -2.02. The fraction of sp³-hybridized carbons (Fsp3) is 0.143. The summed E-state index contributed by atoms with van der Waals surface area (Å²) < 4.78 is 37.6. The van der Waals surface area contributed by atoms with Crippen LogP contribution in [-0.2, 0) is 0 Å². The van der Waals surface area contributed by atoms with Gasteiger partial charge in [0.05, 0.1) is 4.92 Å². The molecule has 1 aromatic heterocycles. The summed E-state index contributed by atoms with van der Waals surface area (Å²) in [4.78, 5) is 12.1. The number of nitrogens with zero attached hydrogens (tertiary/aromatic N) is 3. The second-order valence-corrected chi connectivity index (χ2v) is 2.39. The van der Waals surface area contributed by atoms with E-state index in [0.29, 0.717) is 6.20 Å². The van der Waals surface area contributed by atoms with E-state index < -0.39 is 34.1 Å². The first-order chi connectivity index (χ1) is 6.99. The zero-order valence-corrected chi connectivity index (χ0v) is 6.95. The Morgan fingerprint density at radius 1 is 1.60 bits per heavy atom. The lowest BCUT2D eigenvalue weighted by atomic mass is 10.2. The Hall–Kier alpha value is -2.17. The van der Waals surface area contributed by atoms with E-state index in [0.717, 1.165) is 0 Å². The molecule has 0 aliphatic carbocycles. The third-order valence-corrected chi connectivity index (χ3v) is 1.56. The van der Waals surface area contributed by atoms with E-state index in [-0.39, 0.29) is 0 Å². The topological polar surface area (TPSA) is 79.8 Å². The molecule has 1 aromatic rings. The van der Waals surface area contributed by atoms with E-state index in [1.807, 2.05) is 0 Å². The van der Waals surface area contributed by atoms with Gasteiger partial charge >= 0.3 is 0 Å². The van der Waals surface area contributed by atoms with Crippen LogP contribution in [0.15, 0.2) is 6.20 Å². The molecule has 0 aliphatic rings. The number of alkyl halides is 2. The van der Waals surface area contributed by atoms with Crippen molar-refractivity contribution in [2.24, 2.45) is 0 Å². The summed E-state index contributed by atoms with van der Waals surface area (Å²) in [5.41, 5.74) is -3.44. The van der Waals surface area contributed by atoms with E-state index in [2.05, 4.69) is 4.98 Å². The molecule has 0 N–H and O–H groups in total. The van der Waals surface area contributed by atoms with Gasteiger partial charge in [0.15, 0.2) is 11.5 Å². The first-order valence-corrected chi connectivity index (χ1v) is 3.50. The first-order valence-electron chi connectivity index (χ1n) is 3.50. The molecule has 0 spiro atoms. The predicted octanol–water partition coefficient (Wildman–Crippen LogP) is 1.94. The minimum Gasteiger partial charge on any atom is -0.258 e. The molecule has 5 nitrogen and oxygen atoms in total. The van der Waals surface area contributed by atoms with Crippen molar-refractivity contribution in [3.05, 3.63) is 33.4 Å². The Kier molecular flexibility index (Phi) is 2.85. The van der Waals surface area contributed by atoms with Gasteiger partial charge < -0.3 is 0 Å². The SMILES string of the molecule is N#Cc1ncc([N+](=O)[O-])c(C(F)F)c1F. The Labute approximate surface area is 80.9 Å². The van der Waals surface area contributed by atoms with E-state index >= 15 is 0 Å². The molecule has 0 saturated heterocycles. The molecule has 0 bridgehead atoms. The Morgan fingerprint density at radius 2 is 2.20 bits per heavy atom. The molecule has 0 fully saturated rings. The molecule has 78 valence electrons. The molecular formula is C7H2F3N3O2. The van der Waals surface area contributed by atoms with Gasteiger partial charge in [-0.05, 0) is 0 Å². The number of hydrogen-bond acceptors (Lipinski definition) is 4. The van der Waals surface area contributed by atoms with E-state index in [9.17, 15) is 23.3 Å². The molecule has 0 radical (unpaired) electrons. The van der Waals surface area contributed by atoms with Crippen LogP contribution in [0, 0.1) is 27.3 Å². The van der Waals surface area contributed by atoms with Gasteiger partial charge in [-0.1, -0.05) is 0 Å². The second-order valence-electron chi connectivity index (χ2n) is 2.39. The highest BCUT2D eigenvalue weighted by atomic mass is 19.3. The average Bonchev–Trinajstić information content (AvgIpc) is 2.16. The molecule has 1 rings (SSSR count). The number of nitro groups is 1. The van der Waals surface area contributed by atoms with Crippen LogP contribution in [0.1, 0.15) is 17.7 Å². The second kappa shape index (κ2) is 3.91. The fourth-order valence-electron chi connectivity index (χ4n) is 0.923. The first kappa shape index (κ1) is 10.9. The van der Waals surface area contributed by atoms with Gasteiger partial charge in [-0.25, -0.2) is 18.2 Å². The maximum Gasteiger partial charge on any atom is 0.299 e. The monoisotopic (exact) mass is 217 g/mol.